The van der Waals surface area contributed by atoms with Gasteiger partial charge in [0, 0.05) is 38.9 Å². The summed E-state index contributed by atoms with van der Waals surface area (Å²) in [6.07, 6.45) is 3.36. The van der Waals surface area contributed by atoms with Gasteiger partial charge in [-0.2, -0.15) is 0 Å². The first kappa shape index (κ1) is 19.7. The Morgan fingerprint density at radius 3 is 2.32 bits per heavy atom. The average molecular weight is 368 g/mol. The Kier molecular flexibility index (Phi) is 7.25. The van der Waals surface area contributed by atoms with Crippen LogP contribution in [0.3, 0.4) is 0 Å². The smallest absolute Gasteiger partial charge is 0.223 e. The number of sulfone groups is 1. The van der Waals surface area contributed by atoms with Crippen molar-refractivity contribution >= 4 is 15.7 Å². The van der Waals surface area contributed by atoms with Crippen molar-refractivity contribution in [2.24, 2.45) is 0 Å². The van der Waals surface area contributed by atoms with E-state index in [2.05, 4.69) is 17.0 Å². The van der Waals surface area contributed by atoms with Crippen LogP contribution in [-0.4, -0.2) is 76.0 Å². The molecule has 0 saturated carbocycles. The van der Waals surface area contributed by atoms with Crippen molar-refractivity contribution in [3.8, 4) is 5.75 Å². The highest BCUT2D eigenvalue weighted by molar-refractivity contribution is 7.90. The quantitative estimate of drug-likeness (QED) is 0.690. The second-order valence-corrected chi connectivity index (χ2v) is 8.81. The fourth-order valence-corrected chi connectivity index (χ4v) is 3.50. The highest BCUT2D eigenvalue weighted by atomic mass is 32.2. The van der Waals surface area contributed by atoms with Gasteiger partial charge in [-0.15, -0.1) is 0 Å². The molecule has 0 atom stereocenters. The molecule has 0 bridgehead atoms. The number of carbonyl (C=O) groups excluding carboxylic acids is 1. The summed E-state index contributed by atoms with van der Waals surface area (Å²) in [5, 5.41) is 0. The molecule has 25 heavy (non-hydrogen) atoms. The molecular formula is C18H28N2O4S. The molecule has 0 unspecified atom stereocenters. The number of hydrogen-bond donors (Lipinski definition) is 0. The molecule has 0 spiro atoms. The van der Waals surface area contributed by atoms with E-state index in [9.17, 15) is 13.2 Å². The Bertz CT molecular complexity index is 650. The van der Waals surface area contributed by atoms with Crippen LogP contribution in [0.2, 0.25) is 0 Å². The maximum atomic E-state index is 12.0. The number of ether oxygens (including phenoxy) is 1. The van der Waals surface area contributed by atoms with Crippen LogP contribution in [0.5, 0.6) is 5.75 Å². The minimum Gasteiger partial charge on any atom is -0.497 e. The monoisotopic (exact) mass is 368 g/mol. The minimum absolute atomic E-state index is 0.0525. The van der Waals surface area contributed by atoms with Crippen molar-refractivity contribution in [1.82, 2.24) is 9.80 Å². The molecule has 140 valence electrons. The third kappa shape index (κ3) is 7.04. The Balaban J connectivity index is 1.65. The first-order valence-electron chi connectivity index (χ1n) is 8.68. The van der Waals surface area contributed by atoms with Gasteiger partial charge in [0.25, 0.3) is 0 Å². The van der Waals surface area contributed by atoms with E-state index in [1.165, 1.54) is 11.8 Å². The Morgan fingerprint density at radius 1 is 1.12 bits per heavy atom. The molecular weight excluding hydrogens is 340 g/mol. The lowest BCUT2D eigenvalue weighted by molar-refractivity contribution is -0.132. The van der Waals surface area contributed by atoms with Gasteiger partial charge in [0.15, 0.2) is 0 Å². The van der Waals surface area contributed by atoms with E-state index in [1.54, 1.807) is 12.0 Å². The van der Waals surface area contributed by atoms with Gasteiger partial charge in [-0.1, -0.05) is 12.1 Å². The van der Waals surface area contributed by atoms with E-state index in [0.717, 1.165) is 38.2 Å². The van der Waals surface area contributed by atoms with Crippen LogP contribution in [0, 0.1) is 0 Å². The molecule has 1 amide bonds. The molecule has 0 N–H and O–H groups in total. The van der Waals surface area contributed by atoms with Crippen LogP contribution in [0.15, 0.2) is 24.3 Å². The third-order valence-electron chi connectivity index (χ3n) is 4.51. The van der Waals surface area contributed by atoms with E-state index in [1.807, 2.05) is 12.1 Å². The summed E-state index contributed by atoms with van der Waals surface area (Å²) in [6.45, 7) is 4.09. The zero-order valence-corrected chi connectivity index (χ0v) is 15.9. The van der Waals surface area contributed by atoms with Gasteiger partial charge in [0.2, 0.25) is 5.91 Å². The number of piperazine rings is 1. The number of nitrogens with zero attached hydrogens (tertiary/aromatic N) is 2. The maximum Gasteiger partial charge on any atom is 0.223 e. The summed E-state index contributed by atoms with van der Waals surface area (Å²) >= 11 is 0. The van der Waals surface area contributed by atoms with E-state index >= 15 is 0 Å². The largest absolute Gasteiger partial charge is 0.497 e. The van der Waals surface area contributed by atoms with Gasteiger partial charge in [0.1, 0.15) is 15.6 Å². The van der Waals surface area contributed by atoms with E-state index < -0.39 is 9.84 Å². The number of methoxy groups -OCH3 is 1. The predicted molar refractivity (Wildman–Crippen MR) is 98.7 cm³/mol. The minimum atomic E-state index is -3.08. The van der Waals surface area contributed by atoms with Gasteiger partial charge >= 0.3 is 0 Å². The zero-order valence-electron chi connectivity index (χ0n) is 15.1. The van der Waals surface area contributed by atoms with Crippen LogP contribution in [-0.2, 0) is 21.1 Å². The zero-order chi connectivity index (χ0) is 18.3. The molecule has 7 heteroatoms. The molecule has 1 aliphatic heterocycles. The van der Waals surface area contributed by atoms with Crippen LogP contribution < -0.4 is 4.74 Å². The van der Waals surface area contributed by atoms with Crippen LogP contribution in [0.25, 0.3) is 0 Å². The first-order chi connectivity index (χ1) is 11.9. The van der Waals surface area contributed by atoms with Crippen molar-refractivity contribution < 1.29 is 17.9 Å². The molecule has 1 saturated heterocycles. The molecule has 0 aliphatic carbocycles. The molecule has 0 aromatic heterocycles. The van der Waals surface area contributed by atoms with Crippen molar-refractivity contribution in [3.05, 3.63) is 29.8 Å². The lowest BCUT2D eigenvalue weighted by atomic mass is 10.1. The summed E-state index contributed by atoms with van der Waals surface area (Å²) in [7, 11) is -1.41. The Labute approximate surface area is 150 Å². The Hall–Kier alpha value is -1.60. The van der Waals surface area contributed by atoms with Crippen molar-refractivity contribution in [2.75, 3.05) is 51.8 Å². The molecule has 1 aromatic rings. The summed E-state index contributed by atoms with van der Waals surface area (Å²) in [5.41, 5.74) is 1.30. The predicted octanol–water partition coefficient (Wildman–Crippen LogP) is 1.21. The van der Waals surface area contributed by atoms with Gasteiger partial charge in [-0.3, -0.25) is 9.69 Å². The number of carbonyl (C=O) groups is 1. The number of benzene rings is 1. The molecule has 0 radical (unpaired) electrons. The average Bonchev–Trinajstić information content (AvgIpc) is 2.60. The molecule has 1 fully saturated rings. The summed E-state index contributed by atoms with van der Waals surface area (Å²) in [5.74, 6) is 0.761. The van der Waals surface area contributed by atoms with Gasteiger partial charge in [0.05, 0.1) is 12.9 Å². The van der Waals surface area contributed by atoms with Crippen molar-refractivity contribution in [1.29, 1.82) is 0 Å². The number of aryl methyl sites for hydroxylation is 1. The molecule has 6 nitrogen and oxygen atoms in total. The highest BCUT2D eigenvalue weighted by Crippen LogP contribution is 2.13. The SMILES string of the molecule is COc1ccc(CCCN2CCN(C(=O)CCS(C)(=O)=O)CC2)cc1. The van der Waals surface area contributed by atoms with E-state index in [0.29, 0.717) is 13.1 Å². The van der Waals surface area contributed by atoms with Crippen LogP contribution >= 0.6 is 0 Å². The maximum absolute atomic E-state index is 12.0. The second-order valence-electron chi connectivity index (χ2n) is 6.55. The van der Waals surface area contributed by atoms with Gasteiger partial charge < -0.3 is 9.64 Å². The first-order valence-corrected chi connectivity index (χ1v) is 10.7. The fourth-order valence-electron chi connectivity index (χ4n) is 2.95. The highest BCUT2D eigenvalue weighted by Gasteiger charge is 2.21. The number of amides is 1. The second kappa shape index (κ2) is 9.20. The standard InChI is InChI=1S/C18H28N2O4S/c1-24-17-7-5-16(6-8-17)4-3-10-19-11-13-20(14-12-19)18(21)9-15-25(2,22)23/h5-8H,3-4,9-15H2,1-2H3. The normalized spacial score (nSPS) is 16.0. The summed E-state index contributed by atoms with van der Waals surface area (Å²) < 4.78 is 27.5. The third-order valence-corrected chi connectivity index (χ3v) is 5.46. The van der Waals surface area contributed by atoms with Gasteiger partial charge in [-0.25, -0.2) is 8.42 Å². The van der Waals surface area contributed by atoms with E-state index in [4.69, 9.17) is 4.74 Å². The number of hydrogen-bond acceptors (Lipinski definition) is 5. The van der Waals surface area contributed by atoms with Crippen LogP contribution in [0.4, 0.5) is 0 Å². The van der Waals surface area contributed by atoms with E-state index in [-0.39, 0.29) is 18.1 Å². The lowest BCUT2D eigenvalue weighted by Gasteiger charge is -2.34. The molecule has 1 aliphatic rings. The van der Waals surface area contributed by atoms with Crippen LogP contribution in [0.1, 0.15) is 18.4 Å². The van der Waals surface area contributed by atoms with Crippen molar-refractivity contribution in [2.45, 2.75) is 19.3 Å². The van der Waals surface area contributed by atoms with Crippen molar-refractivity contribution in [3.63, 3.8) is 0 Å². The summed E-state index contributed by atoms with van der Waals surface area (Å²) in [6, 6.07) is 8.15. The lowest BCUT2D eigenvalue weighted by Crippen LogP contribution is -2.49. The Morgan fingerprint density at radius 2 is 1.76 bits per heavy atom. The topological polar surface area (TPSA) is 66.9 Å². The van der Waals surface area contributed by atoms with Gasteiger partial charge in [-0.05, 0) is 37.1 Å². The molecule has 1 aromatic carbocycles. The fraction of sp³-hybridized carbons (Fsp3) is 0.611. The molecule has 2 rings (SSSR count). The number of rotatable bonds is 8. The summed E-state index contributed by atoms with van der Waals surface area (Å²) in [4.78, 5) is 16.2. The molecule has 1 heterocycles.